The maximum absolute atomic E-state index is 11.7. The van der Waals surface area contributed by atoms with Crippen molar-refractivity contribution in [3.05, 3.63) is 54.5 Å². The summed E-state index contributed by atoms with van der Waals surface area (Å²) in [4.78, 5) is 11.7. The molecule has 0 saturated carbocycles. The topological polar surface area (TPSA) is 44.8 Å². The van der Waals surface area contributed by atoms with Gasteiger partial charge in [-0.05, 0) is 23.7 Å². The highest BCUT2D eigenvalue weighted by Gasteiger charge is 2.40. The van der Waals surface area contributed by atoms with E-state index in [1.54, 1.807) is 6.08 Å². The molecule has 0 unspecified atom stereocenters. The third-order valence-electron chi connectivity index (χ3n) is 3.75. The van der Waals surface area contributed by atoms with Crippen LogP contribution in [0.3, 0.4) is 0 Å². The highest BCUT2D eigenvalue weighted by molar-refractivity contribution is 6.74. The molecule has 0 N–H and O–H groups in total. The van der Waals surface area contributed by atoms with E-state index in [2.05, 4.69) is 40.4 Å². The van der Waals surface area contributed by atoms with Crippen LogP contribution in [0.4, 0.5) is 4.79 Å². The Morgan fingerprint density at radius 1 is 1.22 bits per heavy atom. The monoisotopic (exact) mass is 334 g/mol. The Kier molecular flexibility index (Phi) is 6.63. The lowest BCUT2D eigenvalue weighted by Crippen LogP contribution is -2.40. The molecule has 0 atom stereocenters. The zero-order valence-electron chi connectivity index (χ0n) is 14.6. The summed E-state index contributed by atoms with van der Waals surface area (Å²) in [6.07, 6.45) is 2.39. The van der Waals surface area contributed by atoms with E-state index in [9.17, 15) is 4.79 Å². The molecule has 126 valence electrons. The molecule has 0 aliphatic carbocycles. The summed E-state index contributed by atoms with van der Waals surface area (Å²) in [5.41, 5.74) is 0.887. The second-order valence-corrected chi connectivity index (χ2v) is 11.4. The summed E-state index contributed by atoms with van der Waals surface area (Å²) in [6.45, 7) is 14.1. The summed E-state index contributed by atoms with van der Waals surface area (Å²) in [6, 6.07) is 9.56. The van der Waals surface area contributed by atoms with E-state index in [4.69, 9.17) is 13.9 Å². The highest BCUT2D eigenvalue weighted by Crippen LogP contribution is 2.38. The van der Waals surface area contributed by atoms with Crippen LogP contribution in [0.25, 0.3) is 6.08 Å². The minimum Gasteiger partial charge on any atom is -0.518 e. The third-order valence-corrected chi connectivity index (χ3v) is 8.07. The number of benzene rings is 1. The van der Waals surface area contributed by atoms with E-state index in [1.807, 2.05) is 30.3 Å². The van der Waals surface area contributed by atoms with Gasteiger partial charge >= 0.3 is 6.16 Å². The molecule has 0 saturated heterocycles. The van der Waals surface area contributed by atoms with Crippen LogP contribution in [0.2, 0.25) is 18.1 Å². The molecule has 1 aromatic rings. The van der Waals surface area contributed by atoms with Crippen LogP contribution in [-0.2, 0) is 13.9 Å². The van der Waals surface area contributed by atoms with E-state index < -0.39 is 14.5 Å². The molecular weight excluding hydrogens is 308 g/mol. The van der Waals surface area contributed by atoms with Crippen molar-refractivity contribution in [2.24, 2.45) is 0 Å². The minimum atomic E-state index is -2.14. The first-order valence-electron chi connectivity index (χ1n) is 7.57. The number of hydrogen-bond acceptors (Lipinski definition) is 4. The van der Waals surface area contributed by atoms with E-state index in [1.165, 1.54) is 6.08 Å². The fraction of sp³-hybridized carbons (Fsp3) is 0.389. The Morgan fingerprint density at radius 2 is 1.83 bits per heavy atom. The van der Waals surface area contributed by atoms with Crippen LogP contribution < -0.4 is 0 Å². The van der Waals surface area contributed by atoms with Crippen molar-refractivity contribution in [3.8, 4) is 0 Å². The first-order chi connectivity index (χ1) is 10.7. The SMILES string of the molecule is C=CCOC(=O)O/C(=C\c1ccccc1)O[Si](C)(C)C(C)(C)C. The van der Waals surface area contributed by atoms with E-state index >= 15 is 0 Å². The smallest absolute Gasteiger partial charge is 0.516 e. The molecule has 0 fully saturated rings. The molecule has 23 heavy (non-hydrogen) atoms. The van der Waals surface area contributed by atoms with Gasteiger partial charge in [-0.15, -0.1) is 0 Å². The molecule has 0 heterocycles. The van der Waals surface area contributed by atoms with Crippen molar-refractivity contribution < 1.29 is 18.7 Å². The highest BCUT2D eigenvalue weighted by atomic mass is 28.4. The van der Waals surface area contributed by atoms with Gasteiger partial charge < -0.3 is 13.9 Å². The minimum absolute atomic E-state index is 0.0167. The molecule has 0 bridgehead atoms. The largest absolute Gasteiger partial charge is 0.518 e. The first kappa shape index (κ1) is 19.0. The van der Waals surface area contributed by atoms with Gasteiger partial charge in [0.1, 0.15) is 6.61 Å². The summed E-state index contributed by atoms with van der Waals surface area (Å²) in [7, 11) is -2.14. The predicted octanol–water partition coefficient (Wildman–Crippen LogP) is 5.35. The average molecular weight is 334 g/mol. The normalized spacial score (nSPS) is 12.5. The summed E-state index contributed by atoms with van der Waals surface area (Å²) in [5, 5.41) is -0.0167. The Bertz CT molecular complexity index is 556. The molecule has 0 spiro atoms. The molecule has 1 aromatic carbocycles. The van der Waals surface area contributed by atoms with Gasteiger partial charge in [0.05, 0.1) is 0 Å². The first-order valence-corrected chi connectivity index (χ1v) is 10.5. The average Bonchev–Trinajstić information content (AvgIpc) is 2.44. The van der Waals surface area contributed by atoms with Crippen LogP contribution in [0.5, 0.6) is 0 Å². The lowest BCUT2D eigenvalue weighted by atomic mass is 10.2. The van der Waals surface area contributed by atoms with E-state index in [0.29, 0.717) is 0 Å². The fourth-order valence-electron chi connectivity index (χ4n) is 1.41. The summed E-state index contributed by atoms with van der Waals surface area (Å²) < 4.78 is 16.2. The van der Waals surface area contributed by atoms with Crippen LogP contribution >= 0.6 is 0 Å². The van der Waals surface area contributed by atoms with Crippen molar-refractivity contribution in [3.63, 3.8) is 0 Å². The van der Waals surface area contributed by atoms with Crippen molar-refractivity contribution in [2.75, 3.05) is 6.61 Å². The van der Waals surface area contributed by atoms with Crippen molar-refractivity contribution >= 4 is 20.5 Å². The maximum atomic E-state index is 11.7. The number of rotatable bonds is 6. The second kappa shape index (κ2) is 8.01. The van der Waals surface area contributed by atoms with Gasteiger partial charge in [-0.1, -0.05) is 63.8 Å². The lowest BCUT2D eigenvalue weighted by Gasteiger charge is -2.36. The Morgan fingerprint density at radius 3 is 2.35 bits per heavy atom. The van der Waals surface area contributed by atoms with E-state index in [-0.39, 0.29) is 17.6 Å². The second-order valence-electron chi connectivity index (χ2n) is 6.69. The molecule has 5 heteroatoms. The van der Waals surface area contributed by atoms with Crippen molar-refractivity contribution in [2.45, 2.75) is 38.9 Å². The predicted molar refractivity (Wildman–Crippen MR) is 95.3 cm³/mol. The van der Waals surface area contributed by atoms with Gasteiger partial charge in [0.15, 0.2) is 0 Å². The van der Waals surface area contributed by atoms with Crippen molar-refractivity contribution in [1.29, 1.82) is 0 Å². The summed E-state index contributed by atoms with van der Waals surface area (Å²) >= 11 is 0. The van der Waals surface area contributed by atoms with E-state index in [0.717, 1.165) is 5.56 Å². The number of ether oxygens (including phenoxy) is 2. The molecule has 0 aliphatic rings. The quantitative estimate of drug-likeness (QED) is 0.304. The van der Waals surface area contributed by atoms with Gasteiger partial charge in [-0.3, -0.25) is 0 Å². The van der Waals surface area contributed by atoms with Crippen molar-refractivity contribution in [1.82, 2.24) is 0 Å². The Balaban J connectivity index is 3.00. The molecule has 0 radical (unpaired) electrons. The Hall–Kier alpha value is -2.01. The molecule has 0 aliphatic heterocycles. The molecule has 4 nitrogen and oxygen atoms in total. The maximum Gasteiger partial charge on any atom is 0.516 e. The van der Waals surface area contributed by atoms with Gasteiger partial charge in [0.2, 0.25) is 0 Å². The molecule has 0 amide bonds. The summed E-state index contributed by atoms with van der Waals surface area (Å²) in [5.74, 6) is 0.164. The van der Waals surface area contributed by atoms with Crippen LogP contribution in [0, 0.1) is 0 Å². The third kappa shape index (κ3) is 6.32. The Labute approximate surface area is 139 Å². The van der Waals surface area contributed by atoms with Gasteiger partial charge in [-0.25, -0.2) is 4.79 Å². The van der Waals surface area contributed by atoms with Crippen LogP contribution in [0.1, 0.15) is 26.3 Å². The standard InChI is InChI=1S/C18H26O4Si/c1-7-13-20-17(19)21-16(14-15-11-9-8-10-12-15)22-23(5,6)18(2,3)4/h7-12,14H,1,13H2,2-6H3/b16-14+. The fourth-order valence-corrected chi connectivity index (χ4v) is 2.32. The van der Waals surface area contributed by atoms with Crippen LogP contribution in [-0.4, -0.2) is 21.1 Å². The molecular formula is C18H26O4Si. The van der Waals surface area contributed by atoms with Gasteiger partial charge in [-0.2, -0.15) is 0 Å². The number of hydrogen-bond donors (Lipinski definition) is 0. The molecule has 1 rings (SSSR count). The van der Waals surface area contributed by atoms with Gasteiger partial charge in [0, 0.05) is 6.08 Å². The number of carbonyl (C=O) groups is 1. The number of carbonyl (C=O) groups excluding carboxylic acids is 1. The van der Waals surface area contributed by atoms with Gasteiger partial charge in [0.25, 0.3) is 14.3 Å². The zero-order chi connectivity index (χ0) is 17.5. The van der Waals surface area contributed by atoms with Crippen LogP contribution in [0.15, 0.2) is 48.9 Å². The lowest BCUT2D eigenvalue weighted by molar-refractivity contribution is 0.0563. The zero-order valence-corrected chi connectivity index (χ0v) is 15.6. The molecule has 0 aromatic heterocycles.